The highest BCUT2D eigenvalue weighted by Gasteiger charge is 2.23. The monoisotopic (exact) mass is 459 g/mol. The van der Waals surface area contributed by atoms with E-state index in [9.17, 15) is 9.90 Å². The van der Waals surface area contributed by atoms with Gasteiger partial charge in [0, 0.05) is 31.7 Å². The minimum Gasteiger partial charge on any atom is -0.484 e. The SMILES string of the molecule is Nc1ccc(OCC(=O)NCCNCC(O)COC2COC(Cc3ccccc3)CO2)cc1. The number of aliphatic hydroxyl groups is 1. The zero-order valence-electron chi connectivity index (χ0n) is 18.7. The molecule has 9 nitrogen and oxygen atoms in total. The standard InChI is InChI=1S/C24H33N3O6/c25-19-6-8-21(9-7-19)30-16-23(29)27-11-10-26-13-20(28)14-32-24-17-31-22(15-33-24)12-18-4-2-1-3-5-18/h1-9,20,22,24,26,28H,10-17,25H2,(H,27,29). The van der Waals surface area contributed by atoms with E-state index in [1.54, 1.807) is 24.3 Å². The summed E-state index contributed by atoms with van der Waals surface area (Å²) in [5.74, 6) is 0.359. The smallest absolute Gasteiger partial charge is 0.257 e. The summed E-state index contributed by atoms with van der Waals surface area (Å²) in [5, 5.41) is 15.9. The highest BCUT2D eigenvalue weighted by molar-refractivity contribution is 5.77. The van der Waals surface area contributed by atoms with Crippen LogP contribution in [0.3, 0.4) is 0 Å². The Labute approximate surface area is 194 Å². The lowest BCUT2D eigenvalue weighted by molar-refractivity contribution is -0.239. The Hall–Kier alpha value is -2.69. The molecule has 9 heteroatoms. The molecule has 0 bridgehead atoms. The molecule has 1 aliphatic rings. The third-order valence-electron chi connectivity index (χ3n) is 4.97. The number of hydrogen-bond donors (Lipinski definition) is 4. The van der Waals surface area contributed by atoms with E-state index in [0.717, 1.165) is 6.42 Å². The Bertz CT molecular complexity index is 813. The van der Waals surface area contributed by atoms with Crippen LogP contribution in [-0.2, 0) is 25.4 Å². The first kappa shape index (κ1) is 24.9. The van der Waals surface area contributed by atoms with Crippen LogP contribution in [0.25, 0.3) is 0 Å². The minimum atomic E-state index is -0.694. The van der Waals surface area contributed by atoms with Gasteiger partial charge in [-0.2, -0.15) is 0 Å². The number of hydrogen-bond acceptors (Lipinski definition) is 8. The van der Waals surface area contributed by atoms with Crippen molar-refractivity contribution in [2.75, 3.05) is 51.8 Å². The zero-order valence-corrected chi connectivity index (χ0v) is 18.7. The second-order valence-corrected chi connectivity index (χ2v) is 7.81. The predicted octanol–water partition coefficient (Wildman–Crippen LogP) is 0.715. The van der Waals surface area contributed by atoms with E-state index in [-0.39, 0.29) is 25.2 Å². The van der Waals surface area contributed by atoms with Crippen LogP contribution in [0.1, 0.15) is 5.56 Å². The number of carbonyl (C=O) groups is 1. The zero-order chi connectivity index (χ0) is 23.3. The fourth-order valence-electron chi connectivity index (χ4n) is 3.22. The Morgan fingerprint density at radius 3 is 2.61 bits per heavy atom. The van der Waals surface area contributed by atoms with Crippen molar-refractivity contribution in [3.05, 3.63) is 60.2 Å². The third-order valence-corrected chi connectivity index (χ3v) is 4.97. The number of anilines is 1. The van der Waals surface area contributed by atoms with E-state index < -0.39 is 12.4 Å². The molecule has 1 heterocycles. The van der Waals surface area contributed by atoms with Gasteiger partial charge in [0.05, 0.1) is 32.0 Å². The fraction of sp³-hybridized carbons (Fsp3) is 0.458. The predicted molar refractivity (Wildman–Crippen MR) is 124 cm³/mol. The number of amides is 1. The molecule has 3 unspecified atom stereocenters. The van der Waals surface area contributed by atoms with Crippen LogP contribution in [0.5, 0.6) is 5.75 Å². The second kappa shape index (κ2) is 13.8. The molecule has 180 valence electrons. The van der Waals surface area contributed by atoms with Crippen molar-refractivity contribution in [2.24, 2.45) is 0 Å². The Morgan fingerprint density at radius 1 is 1.09 bits per heavy atom. The third kappa shape index (κ3) is 9.77. The normalized spacial score (nSPS) is 19.1. The molecule has 1 fully saturated rings. The van der Waals surface area contributed by atoms with Crippen LogP contribution in [-0.4, -0.2) is 75.6 Å². The van der Waals surface area contributed by atoms with Gasteiger partial charge in [-0.3, -0.25) is 4.79 Å². The van der Waals surface area contributed by atoms with Crippen molar-refractivity contribution in [2.45, 2.75) is 24.9 Å². The van der Waals surface area contributed by atoms with Gasteiger partial charge in [0.2, 0.25) is 0 Å². The largest absolute Gasteiger partial charge is 0.484 e. The van der Waals surface area contributed by atoms with E-state index >= 15 is 0 Å². The maximum atomic E-state index is 11.8. The number of nitrogens with one attached hydrogen (secondary N) is 2. The van der Waals surface area contributed by atoms with Crippen molar-refractivity contribution < 1.29 is 28.8 Å². The molecule has 3 atom stereocenters. The van der Waals surface area contributed by atoms with Gasteiger partial charge < -0.3 is 40.4 Å². The van der Waals surface area contributed by atoms with Crippen LogP contribution in [0, 0.1) is 0 Å². The van der Waals surface area contributed by atoms with Gasteiger partial charge >= 0.3 is 0 Å². The van der Waals surface area contributed by atoms with E-state index in [1.165, 1.54) is 5.56 Å². The summed E-state index contributed by atoms with van der Waals surface area (Å²) in [4.78, 5) is 11.8. The lowest BCUT2D eigenvalue weighted by atomic mass is 10.1. The summed E-state index contributed by atoms with van der Waals surface area (Å²) in [6.07, 6.45) is -0.373. The summed E-state index contributed by atoms with van der Waals surface area (Å²) < 4.78 is 22.5. The lowest BCUT2D eigenvalue weighted by Gasteiger charge is -2.30. The number of ether oxygens (including phenoxy) is 4. The van der Waals surface area contributed by atoms with E-state index in [4.69, 9.17) is 24.7 Å². The molecule has 2 aromatic carbocycles. The Morgan fingerprint density at radius 2 is 1.88 bits per heavy atom. The maximum Gasteiger partial charge on any atom is 0.257 e. The highest BCUT2D eigenvalue weighted by Crippen LogP contribution is 2.14. The lowest BCUT2D eigenvalue weighted by Crippen LogP contribution is -2.41. The first-order valence-electron chi connectivity index (χ1n) is 11.1. The second-order valence-electron chi connectivity index (χ2n) is 7.81. The average molecular weight is 460 g/mol. The molecule has 0 saturated carbocycles. The molecule has 5 N–H and O–H groups in total. The first-order chi connectivity index (χ1) is 16.1. The Kier molecular flexibility index (Phi) is 10.4. The van der Waals surface area contributed by atoms with Crippen molar-refractivity contribution >= 4 is 11.6 Å². The summed E-state index contributed by atoms with van der Waals surface area (Å²) in [5.41, 5.74) is 7.45. The van der Waals surface area contributed by atoms with Crippen LogP contribution in [0.4, 0.5) is 5.69 Å². The van der Waals surface area contributed by atoms with Gasteiger partial charge in [0.15, 0.2) is 12.9 Å². The molecule has 33 heavy (non-hydrogen) atoms. The number of rotatable bonds is 13. The fourth-order valence-corrected chi connectivity index (χ4v) is 3.22. The molecular formula is C24H33N3O6. The summed E-state index contributed by atoms with van der Waals surface area (Å²) in [6.45, 7) is 2.11. The number of nitrogens with two attached hydrogens (primary N) is 1. The molecule has 0 spiro atoms. The quantitative estimate of drug-likeness (QED) is 0.255. The van der Waals surface area contributed by atoms with Gasteiger partial charge in [-0.1, -0.05) is 30.3 Å². The topological polar surface area (TPSA) is 124 Å². The summed E-state index contributed by atoms with van der Waals surface area (Å²) >= 11 is 0. The number of aliphatic hydroxyl groups excluding tert-OH is 1. The molecule has 0 aromatic heterocycles. The molecular weight excluding hydrogens is 426 g/mol. The van der Waals surface area contributed by atoms with E-state index in [2.05, 4.69) is 22.8 Å². The number of carbonyl (C=O) groups excluding carboxylic acids is 1. The van der Waals surface area contributed by atoms with Gasteiger partial charge in [-0.05, 0) is 29.8 Å². The van der Waals surface area contributed by atoms with Crippen LogP contribution in [0.15, 0.2) is 54.6 Å². The molecule has 1 saturated heterocycles. The van der Waals surface area contributed by atoms with Crippen LogP contribution >= 0.6 is 0 Å². The van der Waals surface area contributed by atoms with Gasteiger partial charge in [0.1, 0.15) is 5.75 Å². The molecule has 0 aliphatic carbocycles. The van der Waals surface area contributed by atoms with Gasteiger partial charge in [-0.25, -0.2) is 0 Å². The molecule has 3 rings (SSSR count). The van der Waals surface area contributed by atoms with Crippen LogP contribution in [0.2, 0.25) is 0 Å². The average Bonchev–Trinajstić information content (AvgIpc) is 2.84. The number of nitrogen functional groups attached to an aromatic ring is 1. The molecule has 1 amide bonds. The van der Waals surface area contributed by atoms with Crippen molar-refractivity contribution in [1.82, 2.24) is 10.6 Å². The van der Waals surface area contributed by atoms with Crippen molar-refractivity contribution in [3.8, 4) is 5.75 Å². The number of benzene rings is 2. The van der Waals surface area contributed by atoms with Crippen LogP contribution < -0.4 is 21.1 Å². The summed E-state index contributed by atoms with van der Waals surface area (Å²) in [6, 6.07) is 17.0. The first-order valence-corrected chi connectivity index (χ1v) is 11.1. The maximum absolute atomic E-state index is 11.8. The van der Waals surface area contributed by atoms with Gasteiger partial charge in [0.25, 0.3) is 5.91 Å². The van der Waals surface area contributed by atoms with E-state index in [1.807, 2.05) is 18.2 Å². The van der Waals surface area contributed by atoms with E-state index in [0.29, 0.717) is 44.3 Å². The molecule has 0 radical (unpaired) electrons. The highest BCUT2D eigenvalue weighted by atomic mass is 16.7. The Balaban J connectivity index is 1.17. The van der Waals surface area contributed by atoms with Crippen molar-refractivity contribution in [3.63, 3.8) is 0 Å². The van der Waals surface area contributed by atoms with Gasteiger partial charge in [-0.15, -0.1) is 0 Å². The van der Waals surface area contributed by atoms with Crippen molar-refractivity contribution in [1.29, 1.82) is 0 Å². The molecule has 2 aromatic rings. The molecule has 1 aliphatic heterocycles. The summed E-state index contributed by atoms with van der Waals surface area (Å²) in [7, 11) is 0. The minimum absolute atomic E-state index is 0.00550.